The predicted octanol–water partition coefficient (Wildman–Crippen LogP) is 2.46. The number of hydrogen-bond donors (Lipinski definition) is 1. The zero-order valence-corrected chi connectivity index (χ0v) is 8.49. The lowest BCUT2D eigenvalue weighted by Gasteiger charge is -2.34. The van der Waals surface area contributed by atoms with Crippen LogP contribution in [0.4, 0.5) is 0 Å². The minimum absolute atomic E-state index is 0.178. The number of benzene rings is 1. The first kappa shape index (κ1) is 9.53. The Morgan fingerprint density at radius 1 is 1.29 bits per heavy atom. The fraction of sp³-hybridized carbons (Fsp3) is 0.500. The Labute approximate surface area is 84.5 Å². The lowest BCUT2D eigenvalue weighted by atomic mass is 9.76. The molecule has 1 aromatic carbocycles. The van der Waals surface area contributed by atoms with Crippen LogP contribution in [0.25, 0.3) is 0 Å². The van der Waals surface area contributed by atoms with Crippen LogP contribution in [0.2, 0.25) is 0 Å². The fourth-order valence-electron chi connectivity index (χ4n) is 1.99. The average Bonchev–Trinajstić information content (AvgIpc) is 2.19. The molecule has 2 rings (SSSR count). The average molecular weight is 192 g/mol. The molecule has 1 fully saturated rings. The van der Waals surface area contributed by atoms with Crippen LogP contribution in [0.1, 0.15) is 25.3 Å². The number of phenolic OH excluding ortho intramolecular Hbond substituents is 1. The van der Waals surface area contributed by atoms with Gasteiger partial charge in [-0.05, 0) is 36.0 Å². The van der Waals surface area contributed by atoms with Crippen LogP contribution in [0, 0.1) is 0 Å². The molecular formula is C12H16O2. The van der Waals surface area contributed by atoms with Gasteiger partial charge in [0.15, 0.2) is 0 Å². The first-order valence-electron chi connectivity index (χ1n) is 5.08. The summed E-state index contributed by atoms with van der Waals surface area (Å²) in [5, 5.41) is 9.43. The van der Waals surface area contributed by atoms with Gasteiger partial charge >= 0.3 is 0 Å². The maximum Gasteiger partial charge on any atom is 0.115 e. The van der Waals surface area contributed by atoms with Crippen LogP contribution < -0.4 is 0 Å². The highest BCUT2D eigenvalue weighted by atomic mass is 16.5. The Morgan fingerprint density at radius 3 is 2.64 bits per heavy atom. The van der Waals surface area contributed by atoms with Gasteiger partial charge in [0.2, 0.25) is 0 Å². The molecule has 2 nitrogen and oxygen atoms in total. The van der Waals surface area contributed by atoms with Gasteiger partial charge in [0.05, 0.1) is 0 Å². The Hall–Kier alpha value is -1.02. The Balaban J connectivity index is 2.28. The van der Waals surface area contributed by atoms with Crippen LogP contribution >= 0.6 is 0 Å². The summed E-state index contributed by atoms with van der Waals surface area (Å²) in [5.74, 6) is 0.357. The molecule has 76 valence electrons. The van der Waals surface area contributed by atoms with Crippen LogP contribution in [0.3, 0.4) is 0 Å². The van der Waals surface area contributed by atoms with Crippen molar-refractivity contribution in [1.82, 2.24) is 0 Å². The summed E-state index contributed by atoms with van der Waals surface area (Å²) in [6.07, 6.45) is 2.08. The van der Waals surface area contributed by atoms with Gasteiger partial charge in [-0.15, -0.1) is 0 Å². The van der Waals surface area contributed by atoms with Crippen molar-refractivity contribution >= 4 is 0 Å². The number of rotatable bonds is 1. The molecule has 1 aliphatic rings. The van der Waals surface area contributed by atoms with Crippen molar-refractivity contribution in [3.05, 3.63) is 29.8 Å². The summed E-state index contributed by atoms with van der Waals surface area (Å²) in [4.78, 5) is 0. The van der Waals surface area contributed by atoms with E-state index in [4.69, 9.17) is 4.74 Å². The van der Waals surface area contributed by atoms with E-state index in [-0.39, 0.29) is 5.41 Å². The van der Waals surface area contributed by atoms with Crippen molar-refractivity contribution in [2.24, 2.45) is 0 Å². The third-order valence-corrected chi connectivity index (χ3v) is 3.14. The molecule has 2 heteroatoms. The maximum atomic E-state index is 9.43. The molecule has 0 aliphatic carbocycles. The first-order valence-corrected chi connectivity index (χ1v) is 5.08. The van der Waals surface area contributed by atoms with E-state index in [0.717, 1.165) is 26.1 Å². The van der Waals surface area contributed by atoms with Crippen LogP contribution in [-0.2, 0) is 10.2 Å². The number of ether oxygens (including phenoxy) is 1. The van der Waals surface area contributed by atoms with E-state index < -0.39 is 0 Å². The normalized spacial score (nSPS) is 20.6. The second-order valence-corrected chi connectivity index (χ2v) is 4.22. The Morgan fingerprint density at radius 2 is 2.00 bits per heavy atom. The van der Waals surface area contributed by atoms with Crippen molar-refractivity contribution < 1.29 is 9.84 Å². The van der Waals surface area contributed by atoms with Gasteiger partial charge < -0.3 is 9.84 Å². The number of aromatic hydroxyl groups is 1. The Bertz CT molecular complexity index is 314. The quantitative estimate of drug-likeness (QED) is 0.740. The van der Waals surface area contributed by atoms with Gasteiger partial charge in [0.25, 0.3) is 0 Å². The second kappa shape index (κ2) is 3.62. The monoisotopic (exact) mass is 192 g/mol. The predicted molar refractivity (Wildman–Crippen MR) is 55.5 cm³/mol. The summed E-state index contributed by atoms with van der Waals surface area (Å²) < 4.78 is 5.35. The van der Waals surface area contributed by atoms with Crippen LogP contribution in [-0.4, -0.2) is 18.3 Å². The smallest absolute Gasteiger partial charge is 0.115 e. The molecule has 0 radical (unpaired) electrons. The molecule has 0 saturated carbocycles. The molecule has 0 amide bonds. The highest BCUT2D eigenvalue weighted by molar-refractivity contribution is 5.32. The van der Waals surface area contributed by atoms with E-state index >= 15 is 0 Å². The van der Waals surface area contributed by atoms with Crippen molar-refractivity contribution in [1.29, 1.82) is 0 Å². The third-order valence-electron chi connectivity index (χ3n) is 3.14. The SMILES string of the molecule is CC1(c2cccc(O)c2)CCOCC1. The number of phenols is 1. The zero-order chi connectivity index (χ0) is 10.0. The zero-order valence-electron chi connectivity index (χ0n) is 8.49. The summed E-state index contributed by atoms with van der Waals surface area (Å²) in [5.41, 5.74) is 1.40. The van der Waals surface area contributed by atoms with Gasteiger partial charge in [-0.3, -0.25) is 0 Å². The molecule has 0 bridgehead atoms. The fourth-order valence-corrected chi connectivity index (χ4v) is 1.99. The molecule has 0 aromatic heterocycles. The lowest BCUT2D eigenvalue weighted by Crippen LogP contribution is -2.30. The lowest BCUT2D eigenvalue weighted by molar-refractivity contribution is 0.0564. The van der Waals surface area contributed by atoms with E-state index in [9.17, 15) is 5.11 Å². The highest BCUT2D eigenvalue weighted by Crippen LogP contribution is 2.35. The van der Waals surface area contributed by atoms with Gasteiger partial charge in [0.1, 0.15) is 5.75 Å². The molecule has 0 unspecified atom stereocenters. The topological polar surface area (TPSA) is 29.5 Å². The van der Waals surface area contributed by atoms with E-state index in [0.29, 0.717) is 5.75 Å². The molecule has 1 heterocycles. The first-order chi connectivity index (χ1) is 6.71. The van der Waals surface area contributed by atoms with Crippen molar-refractivity contribution in [2.75, 3.05) is 13.2 Å². The summed E-state index contributed by atoms with van der Waals surface area (Å²) in [7, 11) is 0. The highest BCUT2D eigenvalue weighted by Gasteiger charge is 2.29. The van der Waals surface area contributed by atoms with Crippen LogP contribution in [0.15, 0.2) is 24.3 Å². The molecule has 1 saturated heterocycles. The molecule has 0 atom stereocenters. The standard InChI is InChI=1S/C12H16O2/c1-12(5-7-14-8-6-12)10-3-2-4-11(13)9-10/h2-4,9,13H,5-8H2,1H3. The molecule has 14 heavy (non-hydrogen) atoms. The van der Waals surface area contributed by atoms with Crippen LogP contribution in [0.5, 0.6) is 5.75 Å². The maximum absolute atomic E-state index is 9.43. The summed E-state index contributed by atoms with van der Waals surface area (Å²) in [6, 6.07) is 7.58. The van der Waals surface area contributed by atoms with Crippen molar-refractivity contribution in [3.8, 4) is 5.75 Å². The molecule has 1 N–H and O–H groups in total. The largest absolute Gasteiger partial charge is 0.508 e. The van der Waals surface area contributed by atoms with Crippen molar-refractivity contribution in [3.63, 3.8) is 0 Å². The molecular weight excluding hydrogens is 176 g/mol. The summed E-state index contributed by atoms with van der Waals surface area (Å²) >= 11 is 0. The second-order valence-electron chi connectivity index (χ2n) is 4.22. The van der Waals surface area contributed by atoms with Crippen molar-refractivity contribution in [2.45, 2.75) is 25.2 Å². The molecule has 0 spiro atoms. The molecule has 1 aliphatic heterocycles. The molecule has 1 aromatic rings. The van der Waals surface area contributed by atoms with E-state index in [2.05, 4.69) is 13.0 Å². The van der Waals surface area contributed by atoms with Gasteiger partial charge in [-0.2, -0.15) is 0 Å². The number of hydrogen-bond acceptors (Lipinski definition) is 2. The Kier molecular flexibility index (Phi) is 2.46. The van der Waals surface area contributed by atoms with E-state index in [1.165, 1.54) is 5.56 Å². The minimum Gasteiger partial charge on any atom is -0.508 e. The third kappa shape index (κ3) is 1.75. The van der Waals surface area contributed by atoms with E-state index in [1.807, 2.05) is 12.1 Å². The summed E-state index contributed by atoms with van der Waals surface area (Å²) in [6.45, 7) is 3.89. The van der Waals surface area contributed by atoms with Gasteiger partial charge in [-0.25, -0.2) is 0 Å². The van der Waals surface area contributed by atoms with E-state index in [1.54, 1.807) is 6.07 Å². The van der Waals surface area contributed by atoms with Gasteiger partial charge in [-0.1, -0.05) is 19.1 Å². The van der Waals surface area contributed by atoms with Gasteiger partial charge in [0, 0.05) is 13.2 Å². The minimum atomic E-state index is 0.178.